The fourth-order valence-electron chi connectivity index (χ4n) is 2.56. The van der Waals surface area contributed by atoms with Gasteiger partial charge in [-0.2, -0.15) is 0 Å². The van der Waals surface area contributed by atoms with E-state index in [1.165, 1.54) is 0 Å². The highest BCUT2D eigenvalue weighted by Gasteiger charge is 2.23. The number of hydrogen-bond acceptors (Lipinski definition) is 5. The number of likely N-dealkylation sites (N-methyl/N-ethyl adjacent to an activating group) is 1. The van der Waals surface area contributed by atoms with Crippen molar-refractivity contribution in [1.82, 2.24) is 9.88 Å². The maximum Gasteiger partial charge on any atom is 0.261 e. The van der Waals surface area contributed by atoms with Crippen LogP contribution in [0.2, 0.25) is 0 Å². The van der Waals surface area contributed by atoms with Crippen molar-refractivity contribution < 1.29 is 4.79 Å². The SMILES string of the molecule is CSc1cccc2sc(N(CCN(C)C)C(=O)c3ccccc3Br)nc12. The smallest absolute Gasteiger partial charge is 0.261 e. The number of halogens is 1. The Balaban J connectivity index is 2.04. The minimum Gasteiger partial charge on any atom is -0.308 e. The molecule has 0 atom stereocenters. The fraction of sp³-hybridized carbons (Fsp3) is 0.263. The molecular formula is C19H20BrN3OS2. The molecule has 1 heterocycles. The van der Waals surface area contributed by atoms with Crippen LogP contribution in [0.3, 0.4) is 0 Å². The Morgan fingerprint density at radius 1 is 1.15 bits per heavy atom. The Morgan fingerprint density at radius 3 is 2.62 bits per heavy atom. The number of carbonyl (C=O) groups is 1. The predicted octanol–water partition coefficient (Wildman–Crippen LogP) is 4.99. The normalized spacial score (nSPS) is 11.3. The number of benzene rings is 2. The standard InChI is InChI=1S/C19H20BrN3OS2/c1-22(2)11-12-23(18(24)13-7-4-5-8-14(13)20)19-21-17-15(25-3)9-6-10-16(17)26-19/h4-10H,11-12H2,1-3H3. The molecule has 0 saturated heterocycles. The largest absolute Gasteiger partial charge is 0.308 e. The lowest BCUT2D eigenvalue weighted by molar-refractivity contribution is 0.0984. The number of rotatable bonds is 6. The number of thioether (sulfide) groups is 1. The summed E-state index contributed by atoms with van der Waals surface area (Å²) in [6.07, 6.45) is 2.05. The fourth-order valence-corrected chi connectivity index (χ4v) is 4.66. The van der Waals surface area contributed by atoms with Gasteiger partial charge in [0.05, 0.1) is 15.8 Å². The summed E-state index contributed by atoms with van der Waals surface area (Å²) in [6, 6.07) is 13.7. The van der Waals surface area contributed by atoms with Gasteiger partial charge in [0.2, 0.25) is 0 Å². The van der Waals surface area contributed by atoms with Crippen molar-refractivity contribution in [3.05, 3.63) is 52.5 Å². The van der Waals surface area contributed by atoms with Crippen LogP contribution < -0.4 is 4.90 Å². The van der Waals surface area contributed by atoms with Gasteiger partial charge in [-0.25, -0.2) is 4.98 Å². The van der Waals surface area contributed by atoms with E-state index in [9.17, 15) is 4.79 Å². The second-order valence-corrected chi connectivity index (χ2v) is 8.75. The first-order chi connectivity index (χ1) is 12.5. The zero-order valence-corrected chi connectivity index (χ0v) is 18.1. The van der Waals surface area contributed by atoms with Crippen molar-refractivity contribution >= 4 is 60.3 Å². The summed E-state index contributed by atoms with van der Waals surface area (Å²) in [6.45, 7) is 1.35. The molecule has 3 aromatic rings. The van der Waals surface area contributed by atoms with E-state index >= 15 is 0 Å². The van der Waals surface area contributed by atoms with Crippen LogP contribution in [-0.4, -0.2) is 49.2 Å². The number of nitrogens with zero attached hydrogens (tertiary/aromatic N) is 3. The van der Waals surface area contributed by atoms with Crippen LogP contribution in [0.25, 0.3) is 10.2 Å². The molecule has 0 aliphatic rings. The third-order valence-electron chi connectivity index (χ3n) is 3.94. The van der Waals surface area contributed by atoms with Crippen molar-refractivity contribution in [3.63, 3.8) is 0 Å². The number of hydrogen-bond donors (Lipinski definition) is 0. The lowest BCUT2D eigenvalue weighted by Crippen LogP contribution is -2.36. The van der Waals surface area contributed by atoms with E-state index in [1.54, 1.807) is 28.0 Å². The minimum absolute atomic E-state index is 0.0379. The minimum atomic E-state index is -0.0379. The highest BCUT2D eigenvalue weighted by molar-refractivity contribution is 9.10. The van der Waals surface area contributed by atoms with E-state index in [-0.39, 0.29) is 5.91 Å². The summed E-state index contributed by atoms with van der Waals surface area (Å²) in [5.41, 5.74) is 1.62. The molecule has 136 valence electrons. The summed E-state index contributed by atoms with van der Waals surface area (Å²) in [5, 5.41) is 0.740. The van der Waals surface area contributed by atoms with Gasteiger partial charge in [-0.05, 0) is 60.5 Å². The number of carbonyl (C=O) groups excluding carboxylic acids is 1. The molecule has 0 fully saturated rings. The Morgan fingerprint density at radius 2 is 1.92 bits per heavy atom. The van der Waals surface area contributed by atoms with Gasteiger partial charge < -0.3 is 4.90 Å². The molecule has 2 aromatic carbocycles. The second kappa shape index (κ2) is 8.52. The Hall–Kier alpha value is -1.41. The molecule has 0 aliphatic carbocycles. The van der Waals surface area contributed by atoms with Crippen molar-refractivity contribution in [1.29, 1.82) is 0 Å². The van der Waals surface area contributed by atoms with Crippen molar-refractivity contribution in [3.8, 4) is 0 Å². The lowest BCUT2D eigenvalue weighted by Gasteiger charge is -2.22. The van der Waals surface area contributed by atoms with E-state index in [4.69, 9.17) is 4.98 Å². The summed E-state index contributed by atoms with van der Waals surface area (Å²) in [7, 11) is 4.01. The van der Waals surface area contributed by atoms with Gasteiger partial charge in [-0.1, -0.05) is 29.5 Å². The van der Waals surface area contributed by atoms with E-state index in [2.05, 4.69) is 33.0 Å². The number of anilines is 1. The quantitative estimate of drug-likeness (QED) is 0.496. The highest BCUT2D eigenvalue weighted by Crippen LogP contribution is 2.35. The second-order valence-electron chi connectivity index (χ2n) is 6.04. The zero-order valence-electron chi connectivity index (χ0n) is 14.9. The molecule has 0 N–H and O–H groups in total. The van der Waals surface area contributed by atoms with Gasteiger partial charge in [0.25, 0.3) is 5.91 Å². The average Bonchev–Trinajstić information content (AvgIpc) is 3.05. The maximum atomic E-state index is 13.2. The van der Waals surface area contributed by atoms with Crippen LogP contribution in [0.1, 0.15) is 10.4 Å². The van der Waals surface area contributed by atoms with Crippen LogP contribution in [0.15, 0.2) is 51.8 Å². The molecule has 3 rings (SSSR count). The maximum absolute atomic E-state index is 13.2. The molecule has 26 heavy (non-hydrogen) atoms. The number of para-hydroxylation sites is 1. The molecule has 1 aromatic heterocycles. The number of aromatic nitrogens is 1. The first kappa shape index (κ1) is 19.4. The number of thiazole rings is 1. The average molecular weight is 450 g/mol. The van der Waals surface area contributed by atoms with Crippen LogP contribution in [0.5, 0.6) is 0 Å². The molecule has 0 saturated carbocycles. The molecule has 7 heteroatoms. The van der Waals surface area contributed by atoms with Crippen molar-refractivity contribution in [2.75, 3.05) is 38.3 Å². The van der Waals surface area contributed by atoms with E-state index < -0.39 is 0 Å². The van der Waals surface area contributed by atoms with Gasteiger partial charge in [0.15, 0.2) is 5.13 Å². The summed E-state index contributed by atoms with van der Waals surface area (Å²) >= 11 is 6.73. The zero-order chi connectivity index (χ0) is 18.7. The monoisotopic (exact) mass is 449 g/mol. The topological polar surface area (TPSA) is 36.4 Å². The number of fused-ring (bicyclic) bond motifs is 1. The van der Waals surface area contributed by atoms with E-state index in [0.29, 0.717) is 12.1 Å². The van der Waals surface area contributed by atoms with Gasteiger partial charge in [-0.15, -0.1) is 11.8 Å². The van der Waals surface area contributed by atoms with Gasteiger partial charge in [-0.3, -0.25) is 9.69 Å². The summed E-state index contributed by atoms with van der Waals surface area (Å²) in [4.78, 5) is 23.0. The lowest BCUT2D eigenvalue weighted by atomic mass is 10.2. The predicted molar refractivity (Wildman–Crippen MR) is 116 cm³/mol. The van der Waals surface area contributed by atoms with Gasteiger partial charge >= 0.3 is 0 Å². The molecular weight excluding hydrogens is 430 g/mol. The van der Waals surface area contributed by atoms with E-state index in [0.717, 1.165) is 31.3 Å². The highest BCUT2D eigenvalue weighted by atomic mass is 79.9. The summed E-state index contributed by atoms with van der Waals surface area (Å²) in [5.74, 6) is -0.0379. The molecule has 0 radical (unpaired) electrons. The van der Waals surface area contributed by atoms with Gasteiger partial charge in [0, 0.05) is 22.5 Å². The van der Waals surface area contributed by atoms with E-state index in [1.807, 2.05) is 50.7 Å². The van der Waals surface area contributed by atoms with Crippen molar-refractivity contribution in [2.45, 2.75) is 4.90 Å². The Kier molecular flexibility index (Phi) is 6.34. The van der Waals surface area contributed by atoms with Gasteiger partial charge in [0.1, 0.15) is 0 Å². The Bertz CT molecular complexity index is 926. The molecule has 4 nitrogen and oxygen atoms in total. The molecule has 0 bridgehead atoms. The molecule has 0 spiro atoms. The molecule has 0 aliphatic heterocycles. The first-order valence-electron chi connectivity index (χ1n) is 8.16. The van der Waals surface area contributed by atoms with Crippen LogP contribution in [-0.2, 0) is 0 Å². The van der Waals surface area contributed by atoms with Crippen LogP contribution in [0, 0.1) is 0 Å². The molecule has 0 unspecified atom stereocenters. The summed E-state index contributed by atoms with van der Waals surface area (Å²) < 4.78 is 1.90. The number of amides is 1. The third kappa shape index (κ3) is 4.11. The van der Waals surface area contributed by atoms with Crippen LogP contribution in [0.4, 0.5) is 5.13 Å². The Labute approximate surface area is 170 Å². The first-order valence-corrected chi connectivity index (χ1v) is 11.0. The van der Waals surface area contributed by atoms with Crippen LogP contribution >= 0.6 is 39.0 Å². The van der Waals surface area contributed by atoms with Crippen molar-refractivity contribution in [2.24, 2.45) is 0 Å². The molecule has 1 amide bonds. The third-order valence-corrected chi connectivity index (χ3v) is 6.45.